The van der Waals surface area contributed by atoms with Gasteiger partial charge in [-0.2, -0.15) is 0 Å². The number of aromatic nitrogens is 1. The number of esters is 1. The van der Waals surface area contributed by atoms with E-state index in [1.807, 2.05) is 13.0 Å². The van der Waals surface area contributed by atoms with E-state index in [9.17, 15) is 14.4 Å². The lowest BCUT2D eigenvalue weighted by atomic mass is 9.90. The van der Waals surface area contributed by atoms with Crippen LogP contribution >= 0.6 is 0 Å². The van der Waals surface area contributed by atoms with Gasteiger partial charge in [-0.15, -0.1) is 0 Å². The number of hydrogen-bond donors (Lipinski definition) is 2. The molecule has 9 heteroatoms. The predicted molar refractivity (Wildman–Crippen MR) is 177 cm³/mol. The van der Waals surface area contributed by atoms with Crippen LogP contribution < -0.4 is 15.6 Å². The summed E-state index contributed by atoms with van der Waals surface area (Å²) in [6.07, 6.45) is 23.4. The smallest absolute Gasteiger partial charge is 0.407 e. The van der Waals surface area contributed by atoms with E-state index >= 15 is 0 Å². The van der Waals surface area contributed by atoms with Crippen LogP contribution in [0.3, 0.4) is 0 Å². The number of pyridine rings is 1. The number of Topliss-reactive ketones (excluding diaryl/α,β-unsaturated/α-hetero) is 1. The van der Waals surface area contributed by atoms with Crippen LogP contribution in [0.4, 0.5) is 4.79 Å². The Bertz CT molecular complexity index is 997. The summed E-state index contributed by atoms with van der Waals surface area (Å²) in [5.41, 5.74) is 3.85. The summed E-state index contributed by atoms with van der Waals surface area (Å²) in [5.74, 6) is -1.38. The molecule has 0 saturated carbocycles. The number of ketones is 1. The molecule has 256 valence electrons. The molecule has 1 aromatic rings. The minimum Gasteiger partial charge on any atom is -0.460 e. The Labute approximate surface area is 272 Å². The third kappa shape index (κ3) is 13.8. The summed E-state index contributed by atoms with van der Waals surface area (Å²) in [6, 6.07) is 5.19. The van der Waals surface area contributed by atoms with Crippen molar-refractivity contribution in [2.75, 3.05) is 26.4 Å². The molecule has 1 aliphatic heterocycles. The number of aryl methyl sites for hydroxylation is 1. The van der Waals surface area contributed by atoms with E-state index in [2.05, 4.69) is 12.2 Å². The van der Waals surface area contributed by atoms with Gasteiger partial charge in [0.15, 0.2) is 12.0 Å². The third-order valence-corrected chi connectivity index (χ3v) is 8.98. The number of nitrogens with one attached hydrogen (secondary N) is 1. The highest BCUT2D eigenvalue weighted by Crippen LogP contribution is 2.28. The van der Waals surface area contributed by atoms with Gasteiger partial charge in [-0.1, -0.05) is 109 Å². The fourth-order valence-corrected chi connectivity index (χ4v) is 5.99. The van der Waals surface area contributed by atoms with E-state index in [0.717, 1.165) is 19.3 Å². The Morgan fingerprint density at radius 1 is 0.867 bits per heavy atom. The lowest BCUT2D eigenvalue weighted by molar-refractivity contribution is -0.702. The zero-order chi connectivity index (χ0) is 32.8. The van der Waals surface area contributed by atoms with Crippen molar-refractivity contribution in [3.8, 4) is 0 Å². The summed E-state index contributed by atoms with van der Waals surface area (Å²) < 4.78 is 18.7. The number of rotatable bonds is 25. The third-order valence-electron chi connectivity index (χ3n) is 8.98. The molecule has 9 nitrogen and oxygen atoms in total. The normalized spacial score (nSPS) is 17.5. The van der Waals surface area contributed by atoms with Crippen LogP contribution in [-0.4, -0.2) is 49.8 Å². The van der Waals surface area contributed by atoms with Crippen molar-refractivity contribution in [2.24, 2.45) is 5.73 Å². The van der Waals surface area contributed by atoms with Crippen molar-refractivity contribution in [3.05, 3.63) is 30.1 Å². The number of nitrogens with zero attached hydrogens (tertiary/aromatic N) is 1. The molecule has 0 bridgehead atoms. The first-order valence-corrected chi connectivity index (χ1v) is 17.8. The maximum atomic E-state index is 13.2. The first kappa shape index (κ1) is 38.7. The van der Waals surface area contributed by atoms with E-state index in [0.29, 0.717) is 31.8 Å². The SMILES string of the molecule is CCCCCCCCCCCCCCCCCCNC(=O)OCC1(COC(=O)C(N)(C(C)=O)c2cccc[n+]2CC)CCCO1. The molecule has 0 aromatic carbocycles. The van der Waals surface area contributed by atoms with E-state index in [1.54, 1.807) is 22.9 Å². The Kier molecular flexibility index (Phi) is 19.0. The minimum atomic E-state index is -1.96. The molecule has 1 amide bonds. The predicted octanol–water partition coefficient (Wildman–Crippen LogP) is 6.82. The van der Waals surface area contributed by atoms with Crippen LogP contribution in [0.15, 0.2) is 24.4 Å². The second-order valence-electron chi connectivity index (χ2n) is 12.8. The van der Waals surface area contributed by atoms with Crippen LogP contribution in [0.2, 0.25) is 0 Å². The van der Waals surface area contributed by atoms with Crippen LogP contribution in [0.1, 0.15) is 142 Å². The minimum absolute atomic E-state index is 0.0526. The van der Waals surface area contributed by atoms with Gasteiger partial charge in [0.25, 0.3) is 5.54 Å². The zero-order valence-electron chi connectivity index (χ0n) is 28.5. The monoisotopic (exact) mass is 632 g/mol. The van der Waals surface area contributed by atoms with Crippen LogP contribution in [0.25, 0.3) is 0 Å². The molecule has 0 aliphatic carbocycles. The molecule has 2 atom stereocenters. The Hall–Kier alpha value is -2.52. The van der Waals surface area contributed by atoms with E-state index in [-0.39, 0.29) is 13.2 Å². The molecule has 1 saturated heterocycles. The average molecular weight is 633 g/mol. The molecule has 0 radical (unpaired) electrons. The molecular formula is C36H62N3O6+. The largest absolute Gasteiger partial charge is 0.460 e. The molecule has 0 spiro atoms. The van der Waals surface area contributed by atoms with Crippen molar-refractivity contribution < 1.29 is 33.2 Å². The molecule has 1 aliphatic rings. The van der Waals surface area contributed by atoms with Gasteiger partial charge in [0.2, 0.25) is 5.69 Å². The highest BCUT2D eigenvalue weighted by molar-refractivity contribution is 6.07. The quantitative estimate of drug-likeness (QED) is 0.0525. The van der Waals surface area contributed by atoms with Gasteiger partial charge in [0.05, 0.1) is 0 Å². The van der Waals surface area contributed by atoms with Gasteiger partial charge >= 0.3 is 12.1 Å². The average Bonchev–Trinajstić information content (AvgIpc) is 3.52. The first-order chi connectivity index (χ1) is 21.8. The Morgan fingerprint density at radius 2 is 1.42 bits per heavy atom. The van der Waals surface area contributed by atoms with Crippen molar-refractivity contribution >= 4 is 17.8 Å². The molecule has 45 heavy (non-hydrogen) atoms. The summed E-state index contributed by atoms with van der Waals surface area (Å²) in [4.78, 5) is 38.2. The summed E-state index contributed by atoms with van der Waals surface area (Å²) >= 11 is 0. The van der Waals surface area contributed by atoms with Gasteiger partial charge < -0.3 is 25.3 Å². The van der Waals surface area contributed by atoms with Crippen molar-refractivity contribution in [1.82, 2.24) is 5.32 Å². The summed E-state index contributed by atoms with van der Waals surface area (Å²) in [7, 11) is 0. The standard InChI is InChI=1S/C36H61N3O6/c1-4-6-7-8-9-10-11-12-13-14-15-16-17-18-19-21-26-38-34(42)44-30-35(25-23-28-45-35)29-43-33(41)36(37,31(3)40)32-24-20-22-27-39(32)5-2/h20,22,24,27H,4-19,21,23,25-26,28-30,37H2,1-3H3/p+1. The lowest BCUT2D eigenvalue weighted by Gasteiger charge is -2.29. The Morgan fingerprint density at radius 3 is 1.93 bits per heavy atom. The maximum Gasteiger partial charge on any atom is 0.407 e. The van der Waals surface area contributed by atoms with Gasteiger partial charge in [0, 0.05) is 25.3 Å². The molecular weight excluding hydrogens is 570 g/mol. The van der Waals surface area contributed by atoms with Crippen molar-refractivity contribution in [2.45, 2.75) is 154 Å². The molecule has 1 aromatic heterocycles. The Balaban J connectivity index is 1.59. The zero-order valence-corrected chi connectivity index (χ0v) is 28.5. The number of carbonyl (C=O) groups is 3. The topological polar surface area (TPSA) is 121 Å². The van der Waals surface area contributed by atoms with Crippen LogP contribution in [0.5, 0.6) is 0 Å². The van der Waals surface area contributed by atoms with Gasteiger partial charge in [-0.3, -0.25) is 4.79 Å². The van der Waals surface area contributed by atoms with Crippen molar-refractivity contribution in [1.29, 1.82) is 0 Å². The molecule has 2 unspecified atom stereocenters. The fraction of sp³-hybridized carbons (Fsp3) is 0.778. The highest BCUT2D eigenvalue weighted by Gasteiger charge is 2.50. The number of amides is 1. The number of hydrogen-bond acceptors (Lipinski definition) is 7. The lowest BCUT2D eigenvalue weighted by Crippen LogP contribution is -2.59. The molecule has 3 N–H and O–H groups in total. The van der Waals surface area contributed by atoms with E-state index in [4.69, 9.17) is 19.9 Å². The van der Waals surface area contributed by atoms with E-state index < -0.39 is 29.0 Å². The second kappa shape index (κ2) is 22.1. The highest BCUT2D eigenvalue weighted by atomic mass is 16.6. The van der Waals surface area contributed by atoms with Crippen molar-refractivity contribution in [3.63, 3.8) is 0 Å². The number of alkyl carbamates (subject to hydrolysis) is 1. The molecule has 1 fully saturated rings. The van der Waals surface area contributed by atoms with Gasteiger partial charge in [0.1, 0.15) is 25.4 Å². The molecule has 2 rings (SSSR count). The number of unbranched alkanes of at least 4 members (excludes halogenated alkanes) is 15. The summed E-state index contributed by atoms with van der Waals surface area (Å²) in [5, 5.41) is 2.82. The van der Waals surface area contributed by atoms with Gasteiger partial charge in [-0.05, 0) is 33.1 Å². The fourth-order valence-electron chi connectivity index (χ4n) is 5.99. The van der Waals surface area contributed by atoms with E-state index in [1.165, 1.54) is 96.8 Å². The number of nitrogens with two attached hydrogens (primary N) is 1. The first-order valence-electron chi connectivity index (χ1n) is 17.8. The number of ether oxygens (including phenoxy) is 3. The van der Waals surface area contributed by atoms with Gasteiger partial charge in [-0.25, -0.2) is 14.2 Å². The summed E-state index contributed by atoms with van der Waals surface area (Å²) in [6.45, 7) is 6.80. The maximum absolute atomic E-state index is 13.2. The van der Waals surface area contributed by atoms with Crippen LogP contribution in [0, 0.1) is 0 Å². The second-order valence-corrected chi connectivity index (χ2v) is 12.8. The molecule has 2 heterocycles. The number of carbonyl (C=O) groups excluding carboxylic acids is 3. The van der Waals surface area contributed by atoms with Crippen LogP contribution in [-0.2, 0) is 35.9 Å².